The van der Waals surface area contributed by atoms with Gasteiger partial charge >= 0.3 is 0 Å². The van der Waals surface area contributed by atoms with Crippen LogP contribution < -0.4 is 0 Å². The molecule has 3 atom stereocenters. The number of hydrogen-bond donors (Lipinski definition) is 2. The lowest BCUT2D eigenvalue weighted by atomic mass is 9.71. The van der Waals surface area contributed by atoms with Crippen molar-refractivity contribution in [1.29, 1.82) is 0 Å². The summed E-state index contributed by atoms with van der Waals surface area (Å²) in [5.41, 5.74) is 21.2. The molecule has 6 aliphatic carbocycles. The fourth-order valence-corrected chi connectivity index (χ4v) is 23.5. The average Bonchev–Trinajstić information content (AvgIpc) is 4.40. The molecule has 0 radical (unpaired) electrons. The molecule has 3 unspecified atom stereocenters. The molecule has 0 aromatic carbocycles. The maximum atomic E-state index is 5.67. The number of nitrogens with one attached hydrogen (secondary N) is 2. The number of hydrogen-bond acceptors (Lipinski definition) is 3. The third-order valence-corrected chi connectivity index (χ3v) is 28.7. The smallest absolute Gasteiger partial charge is 0.146 e. The largest absolute Gasteiger partial charge is 0.354 e. The summed E-state index contributed by atoms with van der Waals surface area (Å²) in [7, 11) is -2.04. The predicted molar refractivity (Wildman–Crippen MR) is 338 cm³/mol. The van der Waals surface area contributed by atoms with E-state index in [-0.39, 0.29) is 0 Å². The molecule has 3 aromatic rings. The van der Waals surface area contributed by atoms with Gasteiger partial charge in [0.1, 0.15) is 8.07 Å². The van der Waals surface area contributed by atoms with Crippen LogP contribution in [0.4, 0.5) is 0 Å². The van der Waals surface area contributed by atoms with E-state index in [9.17, 15) is 0 Å². The summed E-state index contributed by atoms with van der Waals surface area (Å²) in [6.07, 6.45) is 49.9. The lowest BCUT2D eigenvalue weighted by molar-refractivity contribution is 0.0931. The first kappa shape index (κ1) is 55.2. The second-order valence-electron chi connectivity index (χ2n) is 27.9. The fourth-order valence-electron chi connectivity index (χ4n) is 18.3. The van der Waals surface area contributed by atoms with E-state index >= 15 is 0 Å². The number of aromatic amines is 2. The molecule has 6 saturated carbocycles. The summed E-state index contributed by atoms with van der Waals surface area (Å²) in [4.78, 5) is 22.5. The summed E-state index contributed by atoms with van der Waals surface area (Å²) in [5, 5.41) is 0. The molecule has 8 bridgehead atoms. The number of aromatic nitrogens is 4. The first-order chi connectivity index (χ1) is 38.6. The van der Waals surface area contributed by atoms with Crippen LogP contribution in [0.5, 0.6) is 0 Å². The zero-order valence-electron chi connectivity index (χ0n) is 50.0. The maximum absolute atomic E-state index is 5.67. The van der Waals surface area contributed by atoms with Gasteiger partial charge in [-0.15, -0.1) is 5.54 Å². The molecule has 0 spiro atoms. The zero-order chi connectivity index (χ0) is 54.0. The molecule has 9 aliphatic rings. The predicted octanol–water partition coefficient (Wildman–Crippen LogP) is 19.8. The van der Waals surface area contributed by atoms with Crippen LogP contribution in [0.2, 0.25) is 16.6 Å². The van der Waals surface area contributed by atoms with Crippen LogP contribution in [0.1, 0.15) is 278 Å². The Morgan fingerprint density at radius 1 is 0.519 bits per heavy atom. The van der Waals surface area contributed by atoms with Crippen LogP contribution in [0.15, 0.2) is 35.9 Å². The van der Waals surface area contributed by atoms with Gasteiger partial charge in [0.05, 0.1) is 44.9 Å². The van der Waals surface area contributed by atoms with Crippen molar-refractivity contribution in [1.82, 2.24) is 24.8 Å². The minimum Gasteiger partial charge on any atom is -0.354 e. The van der Waals surface area contributed by atoms with Crippen LogP contribution in [-0.4, -0.2) is 51.5 Å². The van der Waals surface area contributed by atoms with E-state index in [2.05, 4.69) is 134 Å². The van der Waals surface area contributed by atoms with Gasteiger partial charge in [0, 0.05) is 40.2 Å². The Kier molecular flexibility index (Phi) is 17.2. The molecule has 0 amide bonds. The van der Waals surface area contributed by atoms with Crippen LogP contribution in [0, 0.1) is 52.9 Å². The molecule has 5 nitrogen and oxygen atoms in total. The van der Waals surface area contributed by atoms with E-state index in [0.717, 1.165) is 80.7 Å². The lowest BCUT2D eigenvalue weighted by Crippen LogP contribution is -2.44. The van der Waals surface area contributed by atoms with Crippen LogP contribution >= 0.6 is 0 Å². The SMILES string of the molecule is CC(C)[Si](C#Cc1c2ccc([nH]2)c(C2CCCCC2)c2nc(c(C#CC3CCC4C(CCN4C4CCC(C=C(C5CCCCC5)C5CCCCC5)CC4)C3)c3nc(c(C4CCCCC4)c4ccc1[nH]4)C=C3)C=C2)(C(C)C)C(C)C. The highest BCUT2D eigenvalue weighted by Gasteiger charge is 2.43. The number of fused-ring (bicyclic) bond motifs is 9. The Morgan fingerprint density at radius 3 is 1.51 bits per heavy atom. The summed E-state index contributed by atoms with van der Waals surface area (Å²) in [6, 6.07) is 10.8. The van der Waals surface area contributed by atoms with Crippen LogP contribution in [-0.2, 0) is 0 Å². The number of H-pyrrole nitrogens is 2. The second-order valence-corrected chi connectivity index (χ2v) is 33.5. The van der Waals surface area contributed by atoms with Crippen molar-refractivity contribution in [3.05, 3.63) is 80.9 Å². The highest BCUT2D eigenvalue weighted by atomic mass is 28.3. The van der Waals surface area contributed by atoms with Crippen molar-refractivity contribution in [2.75, 3.05) is 6.54 Å². The van der Waals surface area contributed by atoms with Crippen LogP contribution in [0.3, 0.4) is 0 Å². The molecule has 3 aromatic heterocycles. The van der Waals surface area contributed by atoms with Crippen molar-refractivity contribution in [2.45, 2.75) is 262 Å². The van der Waals surface area contributed by atoms with Gasteiger partial charge < -0.3 is 9.97 Å². The summed E-state index contributed by atoms with van der Waals surface area (Å²) in [6.45, 7) is 15.9. The van der Waals surface area contributed by atoms with Crippen molar-refractivity contribution in [3.8, 4) is 23.3 Å². The van der Waals surface area contributed by atoms with E-state index in [4.69, 9.17) is 9.97 Å². The molecule has 7 fully saturated rings. The fraction of sp³-hybridized carbons (Fsp3) is 0.644. The van der Waals surface area contributed by atoms with Gasteiger partial charge in [-0.25, -0.2) is 9.97 Å². The molecular weight excluding hydrogens is 975 g/mol. The van der Waals surface area contributed by atoms with Gasteiger partial charge in [0.15, 0.2) is 0 Å². The molecule has 420 valence electrons. The van der Waals surface area contributed by atoms with Gasteiger partial charge in [0.2, 0.25) is 0 Å². The van der Waals surface area contributed by atoms with E-state index in [1.807, 2.05) is 5.57 Å². The molecule has 12 rings (SSSR count). The topological polar surface area (TPSA) is 60.6 Å². The number of likely N-dealkylation sites (tertiary alicyclic amines) is 1. The number of allylic oxidation sites excluding steroid dienone is 2. The highest BCUT2D eigenvalue weighted by Crippen LogP contribution is 2.47. The molecule has 2 N–H and O–H groups in total. The Hall–Kier alpha value is -4.36. The van der Waals surface area contributed by atoms with Crippen molar-refractivity contribution >= 4 is 54.4 Å². The van der Waals surface area contributed by atoms with E-state index in [1.165, 1.54) is 208 Å². The summed E-state index contributed by atoms with van der Waals surface area (Å²) in [5.74, 6) is 16.6. The van der Waals surface area contributed by atoms with Crippen molar-refractivity contribution in [3.63, 3.8) is 0 Å². The normalized spacial score (nSPS) is 25.8. The van der Waals surface area contributed by atoms with Gasteiger partial charge in [-0.3, -0.25) is 4.90 Å². The van der Waals surface area contributed by atoms with Gasteiger partial charge in [0.25, 0.3) is 0 Å². The molecule has 79 heavy (non-hydrogen) atoms. The minimum absolute atomic E-state index is 0.406. The first-order valence-electron chi connectivity index (χ1n) is 33.3. The molecule has 3 aliphatic heterocycles. The quantitative estimate of drug-likeness (QED) is 0.0878. The monoisotopic (exact) mass is 1070 g/mol. The van der Waals surface area contributed by atoms with E-state index in [1.54, 1.807) is 0 Å². The third-order valence-electron chi connectivity index (χ3n) is 22.5. The Bertz CT molecular complexity index is 2870. The van der Waals surface area contributed by atoms with Crippen LogP contribution in [0.25, 0.3) is 46.4 Å². The first-order valence-corrected chi connectivity index (χ1v) is 35.5. The standard InChI is InChI=1S/C73H99N5Si/c1-49(2)79(50(3)4,51(5)6)46-44-61-65-36-40-69(76-65)72(56-23-15-9-16-24-56)67-38-34-63(74-67)60(64-35-39-68(75-64)73(57-25-17-10-18-26-57)70-41-37-66(61)77-70)33-29-52-30-42-71-58(47-52)43-45-78(71)59-31-27-53(28-32-59)48-62(54-19-11-7-12-20-54)55-21-13-8-14-22-55/h34-41,48-59,71,76-77H,7-28,30-32,42-43,45,47H2,1-6H3. The zero-order valence-corrected chi connectivity index (χ0v) is 51.0. The van der Waals surface area contributed by atoms with Gasteiger partial charge in [-0.1, -0.05) is 148 Å². The maximum Gasteiger partial charge on any atom is 0.146 e. The highest BCUT2D eigenvalue weighted by molar-refractivity contribution is 6.90. The summed E-state index contributed by atoms with van der Waals surface area (Å²) >= 11 is 0. The lowest BCUT2D eigenvalue weighted by Gasteiger charge is -2.41. The Balaban J connectivity index is 0.882. The average molecular weight is 1070 g/mol. The van der Waals surface area contributed by atoms with E-state index in [0.29, 0.717) is 34.4 Å². The van der Waals surface area contributed by atoms with Gasteiger partial charge in [-0.05, 0) is 210 Å². The number of nitrogens with zero attached hydrogens (tertiary/aromatic N) is 3. The van der Waals surface area contributed by atoms with Crippen molar-refractivity contribution in [2.24, 2.45) is 29.6 Å². The summed E-state index contributed by atoms with van der Waals surface area (Å²) < 4.78 is 0. The number of rotatable bonds is 9. The minimum atomic E-state index is -2.04. The van der Waals surface area contributed by atoms with Gasteiger partial charge in [-0.2, -0.15) is 0 Å². The second kappa shape index (κ2) is 24.6. The molecule has 6 heterocycles. The Morgan fingerprint density at radius 2 is 1.00 bits per heavy atom. The van der Waals surface area contributed by atoms with E-state index < -0.39 is 8.07 Å². The molecule has 1 saturated heterocycles. The van der Waals surface area contributed by atoms with Crippen molar-refractivity contribution < 1.29 is 0 Å². The Labute approximate surface area is 479 Å². The molecular formula is C73H99N5Si. The molecule has 6 heteroatoms. The third kappa shape index (κ3) is 11.6.